The molecule has 8 aromatic carbocycles. The summed E-state index contributed by atoms with van der Waals surface area (Å²) in [5.41, 5.74) is 12.0. The van der Waals surface area contributed by atoms with Crippen LogP contribution in [0.3, 0.4) is 0 Å². The van der Waals surface area contributed by atoms with Gasteiger partial charge in [-0.1, -0.05) is 140 Å². The van der Waals surface area contributed by atoms with Crippen LogP contribution in [0.2, 0.25) is 0 Å². The van der Waals surface area contributed by atoms with Crippen LogP contribution in [0, 0.1) is 0 Å². The minimum atomic E-state index is 1.05. The van der Waals surface area contributed by atoms with E-state index in [4.69, 9.17) is 0 Å². The van der Waals surface area contributed by atoms with Crippen molar-refractivity contribution < 1.29 is 0 Å². The quantitative estimate of drug-likeness (QED) is 0.145. The summed E-state index contributed by atoms with van der Waals surface area (Å²) in [7, 11) is 0. The van der Waals surface area contributed by atoms with Gasteiger partial charge in [-0.15, -0.1) is 0 Å². The first-order valence-corrected chi connectivity index (χ1v) is 17.3. The molecule has 0 atom stereocenters. The van der Waals surface area contributed by atoms with Crippen LogP contribution in [0.1, 0.15) is 0 Å². The predicted molar refractivity (Wildman–Crippen MR) is 216 cm³/mol. The molecule has 0 saturated carbocycles. The van der Waals surface area contributed by atoms with Crippen molar-refractivity contribution in [2.45, 2.75) is 0 Å². The number of para-hydroxylation sites is 8. The van der Waals surface area contributed by atoms with Gasteiger partial charge in [0, 0.05) is 28.4 Å². The Morgan fingerprint density at radius 3 is 0.745 bits per heavy atom. The summed E-state index contributed by atoms with van der Waals surface area (Å²) >= 11 is 0. The number of benzene rings is 8. The first kappa shape index (κ1) is 31.4. The van der Waals surface area contributed by atoms with Gasteiger partial charge in [0.15, 0.2) is 0 Å². The van der Waals surface area contributed by atoms with E-state index in [0.29, 0.717) is 0 Å². The summed E-state index contributed by atoms with van der Waals surface area (Å²) in [6.45, 7) is 0. The number of hydrogen-bond donors (Lipinski definition) is 0. The zero-order chi connectivity index (χ0) is 34.2. The normalized spacial score (nSPS) is 10.7. The van der Waals surface area contributed by atoms with Crippen molar-refractivity contribution in [3.63, 3.8) is 0 Å². The lowest BCUT2D eigenvalue weighted by atomic mass is 10.0. The molecule has 3 heteroatoms. The molecule has 0 fully saturated rings. The first-order chi connectivity index (χ1) is 25.3. The third-order valence-corrected chi connectivity index (χ3v) is 9.02. The topological polar surface area (TPSA) is 9.72 Å². The van der Waals surface area contributed by atoms with Gasteiger partial charge in [-0.2, -0.15) is 0 Å². The highest BCUT2D eigenvalue weighted by Gasteiger charge is 2.26. The molecule has 0 aromatic heterocycles. The Morgan fingerprint density at radius 1 is 0.176 bits per heavy atom. The van der Waals surface area contributed by atoms with Gasteiger partial charge in [0.25, 0.3) is 0 Å². The zero-order valence-electron chi connectivity index (χ0n) is 28.2. The molecule has 0 bridgehead atoms. The third kappa shape index (κ3) is 6.61. The van der Waals surface area contributed by atoms with Crippen molar-refractivity contribution in [3.8, 4) is 11.1 Å². The van der Waals surface area contributed by atoms with Gasteiger partial charge in [-0.05, 0) is 96.1 Å². The van der Waals surface area contributed by atoms with Crippen LogP contribution in [0.25, 0.3) is 11.1 Å². The van der Waals surface area contributed by atoms with Gasteiger partial charge in [0.05, 0.1) is 22.7 Å². The lowest BCUT2D eigenvalue weighted by Crippen LogP contribution is -2.19. The van der Waals surface area contributed by atoms with Gasteiger partial charge in [-0.25, -0.2) is 0 Å². The van der Waals surface area contributed by atoms with E-state index in [-0.39, 0.29) is 0 Å². The summed E-state index contributed by atoms with van der Waals surface area (Å²) in [5.74, 6) is 0. The lowest BCUT2D eigenvalue weighted by Gasteiger charge is -2.36. The predicted octanol–water partition coefficient (Wildman–Crippen LogP) is 13.8. The first-order valence-electron chi connectivity index (χ1n) is 17.3. The molecular formula is C48H37N3. The highest BCUT2D eigenvalue weighted by atomic mass is 15.2. The molecule has 0 unspecified atom stereocenters. The second kappa shape index (κ2) is 14.7. The number of rotatable bonds is 10. The van der Waals surface area contributed by atoms with E-state index in [0.717, 1.165) is 51.2 Å². The van der Waals surface area contributed by atoms with Crippen molar-refractivity contribution in [3.05, 3.63) is 224 Å². The molecule has 51 heavy (non-hydrogen) atoms. The van der Waals surface area contributed by atoms with Crippen molar-refractivity contribution >= 4 is 51.2 Å². The van der Waals surface area contributed by atoms with Gasteiger partial charge in [0.2, 0.25) is 0 Å². The van der Waals surface area contributed by atoms with Crippen molar-refractivity contribution in [1.29, 1.82) is 0 Å². The van der Waals surface area contributed by atoms with E-state index < -0.39 is 0 Å². The number of hydrogen-bond acceptors (Lipinski definition) is 3. The Bertz CT molecular complexity index is 2090. The minimum Gasteiger partial charge on any atom is -0.308 e. The molecule has 0 aliphatic carbocycles. The van der Waals surface area contributed by atoms with Crippen LogP contribution in [0.15, 0.2) is 224 Å². The summed E-state index contributed by atoms with van der Waals surface area (Å²) in [6.07, 6.45) is 0. The average molecular weight is 656 g/mol. The molecule has 0 N–H and O–H groups in total. The average Bonchev–Trinajstić information content (AvgIpc) is 3.22. The molecule has 0 saturated heterocycles. The second-order valence-electron chi connectivity index (χ2n) is 12.2. The van der Waals surface area contributed by atoms with Crippen LogP contribution in [0.4, 0.5) is 51.2 Å². The van der Waals surface area contributed by atoms with Crippen LogP contribution in [-0.2, 0) is 0 Å². The molecule has 0 amide bonds. The van der Waals surface area contributed by atoms with E-state index in [1.54, 1.807) is 0 Å². The SMILES string of the molecule is c1ccc(-c2ccc(N(c3ccccc3N(c3ccccc3)c3ccccc3)c3ccccc3N(c3ccccc3)c3ccccc3)cc2)cc1. The largest absolute Gasteiger partial charge is 0.308 e. The van der Waals surface area contributed by atoms with Crippen LogP contribution >= 0.6 is 0 Å². The van der Waals surface area contributed by atoms with Gasteiger partial charge in [0.1, 0.15) is 0 Å². The van der Waals surface area contributed by atoms with E-state index in [1.165, 1.54) is 11.1 Å². The molecule has 0 aliphatic rings. The molecule has 0 heterocycles. The van der Waals surface area contributed by atoms with E-state index in [2.05, 4.69) is 239 Å². The third-order valence-electron chi connectivity index (χ3n) is 9.02. The summed E-state index contributed by atoms with van der Waals surface area (Å²) in [5, 5.41) is 0. The van der Waals surface area contributed by atoms with Gasteiger partial charge < -0.3 is 14.7 Å². The highest BCUT2D eigenvalue weighted by Crippen LogP contribution is 2.50. The smallest absolute Gasteiger partial charge is 0.0703 e. The minimum absolute atomic E-state index is 1.05. The summed E-state index contributed by atoms with van der Waals surface area (Å²) in [4.78, 5) is 7.09. The fourth-order valence-electron chi connectivity index (χ4n) is 6.69. The molecule has 244 valence electrons. The molecule has 3 nitrogen and oxygen atoms in total. The molecule has 0 aliphatic heterocycles. The molecule has 8 rings (SSSR count). The second-order valence-corrected chi connectivity index (χ2v) is 12.2. The monoisotopic (exact) mass is 655 g/mol. The van der Waals surface area contributed by atoms with E-state index in [9.17, 15) is 0 Å². The van der Waals surface area contributed by atoms with Crippen LogP contribution in [0.5, 0.6) is 0 Å². The maximum atomic E-state index is 2.40. The number of nitrogens with zero attached hydrogens (tertiary/aromatic N) is 3. The van der Waals surface area contributed by atoms with Crippen LogP contribution in [-0.4, -0.2) is 0 Å². The Kier molecular flexibility index (Phi) is 9.08. The fraction of sp³-hybridized carbons (Fsp3) is 0. The summed E-state index contributed by atoms with van der Waals surface area (Å²) < 4.78 is 0. The fourth-order valence-corrected chi connectivity index (χ4v) is 6.69. The maximum absolute atomic E-state index is 2.40. The molecular weight excluding hydrogens is 619 g/mol. The van der Waals surface area contributed by atoms with Gasteiger partial charge >= 0.3 is 0 Å². The Balaban J connectivity index is 1.38. The van der Waals surface area contributed by atoms with Crippen LogP contribution < -0.4 is 14.7 Å². The summed E-state index contributed by atoms with van der Waals surface area (Å²) in [6, 6.07) is 79.3. The lowest BCUT2D eigenvalue weighted by molar-refractivity contribution is 1.20. The molecule has 0 spiro atoms. The van der Waals surface area contributed by atoms with Crippen molar-refractivity contribution in [2.75, 3.05) is 14.7 Å². The van der Waals surface area contributed by atoms with Crippen molar-refractivity contribution in [1.82, 2.24) is 0 Å². The number of anilines is 9. The highest BCUT2D eigenvalue weighted by molar-refractivity contribution is 5.96. The standard InChI is InChI=1S/C48H37N3/c1-6-20-38(21-7-1)39-34-36-44(37-35-39)51(47-32-18-16-30-45(47)49(40-22-8-2-9-23-40)41-24-10-3-11-25-41)48-33-19-17-31-46(48)50(42-26-12-4-13-27-42)43-28-14-5-15-29-43/h1-37H. The van der Waals surface area contributed by atoms with E-state index in [1.807, 2.05) is 0 Å². The molecule has 0 radical (unpaired) electrons. The van der Waals surface area contributed by atoms with E-state index >= 15 is 0 Å². The van der Waals surface area contributed by atoms with Gasteiger partial charge in [-0.3, -0.25) is 0 Å². The zero-order valence-corrected chi connectivity index (χ0v) is 28.2. The Labute approximate surface area is 300 Å². The molecule has 8 aromatic rings. The maximum Gasteiger partial charge on any atom is 0.0703 e. The van der Waals surface area contributed by atoms with Crippen molar-refractivity contribution in [2.24, 2.45) is 0 Å². The Morgan fingerprint density at radius 2 is 0.412 bits per heavy atom. The Hall–Kier alpha value is -6.84.